The Balaban J connectivity index is 1.84. The maximum atomic E-state index is 13.5. The topological polar surface area (TPSA) is 41.9 Å². The number of methoxy groups -OCH3 is 1. The van der Waals surface area contributed by atoms with Gasteiger partial charge in [0.1, 0.15) is 5.82 Å². The second kappa shape index (κ2) is 6.16. The van der Waals surface area contributed by atoms with E-state index in [2.05, 4.69) is 5.10 Å². The first-order valence-electron chi connectivity index (χ1n) is 7.07. The Morgan fingerprint density at radius 1 is 1.22 bits per heavy atom. The van der Waals surface area contributed by atoms with Gasteiger partial charge in [0.05, 0.1) is 19.4 Å². The van der Waals surface area contributed by atoms with Crippen LogP contribution < -0.4 is 4.74 Å². The molecule has 0 atom stereocenters. The second-order valence-electron chi connectivity index (χ2n) is 5.08. The molecule has 23 heavy (non-hydrogen) atoms. The van der Waals surface area contributed by atoms with E-state index in [0.717, 1.165) is 0 Å². The van der Waals surface area contributed by atoms with Gasteiger partial charge in [0.25, 0.3) is 5.91 Å². The summed E-state index contributed by atoms with van der Waals surface area (Å²) in [4.78, 5) is 12.3. The molecule has 0 saturated heterocycles. The normalized spacial score (nSPS) is 13.9. The Labute approximate surface area is 132 Å². The van der Waals surface area contributed by atoms with E-state index in [9.17, 15) is 13.6 Å². The lowest BCUT2D eigenvalue weighted by Gasteiger charge is -2.11. The van der Waals surface area contributed by atoms with Crippen LogP contribution in [0.2, 0.25) is 0 Å². The third-order valence-electron chi connectivity index (χ3n) is 3.59. The third-order valence-corrected chi connectivity index (χ3v) is 3.59. The molecule has 0 radical (unpaired) electrons. The highest BCUT2D eigenvalue weighted by atomic mass is 19.1. The van der Waals surface area contributed by atoms with E-state index in [1.807, 2.05) is 0 Å². The molecule has 0 aliphatic carbocycles. The molecule has 4 nitrogen and oxygen atoms in total. The van der Waals surface area contributed by atoms with Crippen molar-refractivity contribution in [1.82, 2.24) is 5.01 Å². The van der Waals surface area contributed by atoms with E-state index in [-0.39, 0.29) is 17.2 Å². The highest BCUT2D eigenvalue weighted by Gasteiger charge is 2.23. The lowest BCUT2D eigenvalue weighted by atomic mass is 10.1. The average Bonchev–Trinajstić information content (AvgIpc) is 3.04. The van der Waals surface area contributed by atoms with Crippen LogP contribution in [0.25, 0.3) is 0 Å². The second-order valence-corrected chi connectivity index (χ2v) is 5.08. The van der Waals surface area contributed by atoms with E-state index in [1.54, 1.807) is 18.2 Å². The molecule has 1 heterocycles. The summed E-state index contributed by atoms with van der Waals surface area (Å²) in [6.45, 7) is 0.393. The Kier molecular flexibility index (Phi) is 4.06. The molecule has 0 bridgehead atoms. The van der Waals surface area contributed by atoms with Crippen LogP contribution in [-0.2, 0) is 0 Å². The Morgan fingerprint density at radius 3 is 2.78 bits per heavy atom. The smallest absolute Gasteiger partial charge is 0.274 e. The van der Waals surface area contributed by atoms with Crippen molar-refractivity contribution in [3.05, 3.63) is 65.2 Å². The monoisotopic (exact) mass is 316 g/mol. The Hall–Kier alpha value is -2.76. The Bertz CT molecular complexity index is 790. The summed E-state index contributed by atoms with van der Waals surface area (Å²) in [6.07, 6.45) is 0.538. The fraction of sp³-hybridized carbons (Fsp3) is 0.176. The van der Waals surface area contributed by atoms with Gasteiger partial charge in [-0.05, 0) is 36.4 Å². The molecule has 3 rings (SSSR count). The van der Waals surface area contributed by atoms with Gasteiger partial charge < -0.3 is 4.74 Å². The predicted octanol–water partition coefficient (Wildman–Crippen LogP) is 3.22. The first-order valence-corrected chi connectivity index (χ1v) is 7.07. The van der Waals surface area contributed by atoms with E-state index in [0.29, 0.717) is 24.2 Å². The zero-order chi connectivity index (χ0) is 16.4. The van der Waals surface area contributed by atoms with E-state index in [4.69, 9.17) is 4.74 Å². The van der Waals surface area contributed by atoms with Crippen molar-refractivity contribution in [3.8, 4) is 5.75 Å². The van der Waals surface area contributed by atoms with E-state index < -0.39 is 11.6 Å². The zero-order valence-electron chi connectivity index (χ0n) is 12.4. The summed E-state index contributed by atoms with van der Waals surface area (Å²) >= 11 is 0. The van der Waals surface area contributed by atoms with Crippen molar-refractivity contribution in [1.29, 1.82) is 0 Å². The van der Waals surface area contributed by atoms with Crippen LogP contribution in [0.1, 0.15) is 22.3 Å². The first kappa shape index (κ1) is 15.1. The summed E-state index contributed by atoms with van der Waals surface area (Å²) in [7, 11) is 1.39. The van der Waals surface area contributed by atoms with Crippen LogP contribution in [0, 0.1) is 11.6 Å². The summed E-state index contributed by atoms with van der Waals surface area (Å²) in [6, 6.07) is 9.91. The molecule has 2 aromatic rings. The van der Waals surface area contributed by atoms with Crippen LogP contribution in [0.5, 0.6) is 5.75 Å². The SMILES string of the molecule is COc1cc(C2=NN(C(=O)c3cccc(F)c3)CC2)ccc1F. The highest BCUT2D eigenvalue weighted by Crippen LogP contribution is 2.22. The summed E-state index contributed by atoms with van der Waals surface area (Å²) < 4.78 is 31.6. The van der Waals surface area contributed by atoms with Gasteiger partial charge in [0.2, 0.25) is 0 Å². The average molecular weight is 316 g/mol. The molecule has 118 valence electrons. The van der Waals surface area contributed by atoms with Crippen molar-refractivity contribution in [2.45, 2.75) is 6.42 Å². The lowest BCUT2D eigenvalue weighted by Crippen LogP contribution is -2.23. The van der Waals surface area contributed by atoms with Gasteiger partial charge in [-0.15, -0.1) is 0 Å². The zero-order valence-corrected chi connectivity index (χ0v) is 12.4. The number of hydrogen-bond donors (Lipinski definition) is 0. The van der Waals surface area contributed by atoms with E-state index in [1.165, 1.54) is 36.4 Å². The van der Waals surface area contributed by atoms with Crippen molar-refractivity contribution < 1.29 is 18.3 Å². The van der Waals surface area contributed by atoms with Crippen LogP contribution in [0.3, 0.4) is 0 Å². The Morgan fingerprint density at radius 2 is 2.04 bits per heavy atom. The number of hydrazone groups is 1. The molecule has 0 aromatic heterocycles. The fourth-order valence-corrected chi connectivity index (χ4v) is 2.42. The van der Waals surface area contributed by atoms with Gasteiger partial charge in [0, 0.05) is 17.5 Å². The quantitative estimate of drug-likeness (QED) is 0.872. The van der Waals surface area contributed by atoms with Gasteiger partial charge in [-0.1, -0.05) is 6.07 Å². The third kappa shape index (κ3) is 3.06. The maximum absolute atomic E-state index is 13.5. The molecule has 2 aromatic carbocycles. The van der Waals surface area contributed by atoms with Gasteiger partial charge in [-0.3, -0.25) is 4.79 Å². The first-order chi connectivity index (χ1) is 11.1. The lowest BCUT2D eigenvalue weighted by molar-refractivity contribution is 0.0778. The molecule has 0 saturated carbocycles. The molecule has 0 N–H and O–H groups in total. The molecule has 0 unspecified atom stereocenters. The van der Waals surface area contributed by atoms with Crippen LogP contribution in [-0.4, -0.2) is 30.3 Å². The number of amides is 1. The molecule has 6 heteroatoms. The van der Waals surface area contributed by atoms with Gasteiger partial charge in [0.15, 0.2) is 11.6 Å². The number of rotatable bonds is 3. The van der Waals surface area contributed by atoms with Gasteiger partial charge >= 0.3 is 0 Å². The van der Waals surface area contributed by atoms with Crippen molar-refractivity contribution in [3.63, 3.8) is 0 Å². The number of benzene rings is 2. The van der Waals surface area contributed by atoms with Gasteiger partial charge in [-0.25, -0.2) is 13.8 Å². The number of nitrogens with zero attached hydrogens (tertiary/aromatic N) is 2. The minimum absolute atomic E-state index is 0.125. The minimum atomic E-state index is -0.470. The van der Waals surface area contributed by atoms with Crippen molar-refractivity contribution in [2.75, 3.05) is 13.7 Å². The number of carbonyl (C=O) groups is 1. The van der Waals surface area contributed by atoms with Crippen molar-refractivity contribution >= 4 is 11.6 Å². The molecule has 1 amide bonds. The van der Waals surface area contributed by atoms with E-state index >= 15 is 0 Å². The number of carbonyl (C=O) groups excluding carboxylic acids is 1. The molecule has 1 aliphatic rings. The largest absolute Gasteiger partial charge is 0.494 e. The number of ether oxygens (including phenoxy) is 1. The predicted molar refractivity (Wildman–Crippen MR) is 81.5 cm³/mol. The van der Waals surface area contributed by atoms with Gasteiger partial charge in [-0.2, -0.15) is 5.10 Å². The number of halogens is 2. The summed E-state index contributed by atoms with van der Waals surface area (Å²) in [5.74, 6) is -1.17. The van der Waals surface area contributed by atoms with Crippen LogP contribution in [0.15, 0.2) is 47.6 Å². The minimum Gasteiger partial charge on any atom is -0.494 e. The summed E-state index contributed by atoms with van der Waals surface area (Å²) in [5, 5.41) is 5.56. The molecular formula is C17H14F2N2O2. The molecule has 1 aliphatic heterocycles. The molecule has 0 spiro atoms. The molecular weight excluding hydrogens is 302 g/mol. The van der Waals surface area contributed by atoms with Crippen molar-refractivity contribution in [2.24, 2.45) is 5.10 Å². The van der Waals surface area contributed by atoms with Crippen LogP contribution in [0.4, 0.5) is 8.78 Å². The highest BCUT2D eigenvalue weighted by molar-refractivity contribution is 6.04. The van der Waals surface area contributed by atoms with Crippen LogP contribution >= 0.6 is 0 Å². The summed E-state index contributed by atoms with van der Waals surface area (Å²) in [5.41, 5.74) is 1.59. The molecule has 0 fully saturated rings. The number of hydrogen-bond acceptors (Lipinski definition) is 3. The fourth-order valence-electron chi connectivity index (χ4n) is 2.42. The maximum Gasteiger partial charge on any atom is 0.274 e. The standard InChI is InChI=1S/C17H14F2N2O2/c1-23-16-10-11(5-6-14(16)19)15-7-8-21(20-15)17(22)12-3-2-4-13(18)9-12/h2-6,9-10H,7-8H2,1H3.